The molecule has 6 nitrogen and oxygen atoms in total. The van der Waals surface area contributed by atoms with Crippen LogP contribution in [-0.2, 0) is 13.0 Å². The summed E-state index contributed by atoms with van der Waals surface area (Å²) >= 11 is 0. The Balaban J connectivity index is 0.00000341. The van der Waals surface area contributed by atoms with Crippen molar-refractivity contribution in [2.45, 2.75) is 26.0 Å². The van der Waals surface area contributed by atoms with Crippen molar-refractivity contribution in [3.63, 3.8) is 0 Å². The van der Waals surface area contributed by atoms with Crippen LogP contribution in [0.5, 0.6) is 5.75 Å². The van der Waals surface area contributed by atoms with E-state index in [1.807, 2.05) is 37.5 Å². The molecule has 0 aliphatic rings. The maximum Gasteiger partial charge on any atom is 0.191 e. The van der Waals surface area contributed by atoms with E-state index in [1.165, 1.54) is 11.6 Å². The first-order valence-electron chi connectivity index (χ1n) is 10.1. The second kappa shape index (κ2) is 12.9. The van der Waals surface area contributed by atoms with Crippen molar-refractivity contribution in [2.24, 2.45) is 4.99 Å². The molecule has 0 radical (unpaired) electrons. The third-order valence-corrected chi connectivity index (χ3v) is 4.58. The quantitative estimate of drug-likeness (QED) is 0.247. The number of hydrogen-bond acceptors (Lipinski definition) is 3. The standard InChI is InChI=1S/C23H28FN5O.HI/c1-18(30-21-11-7-6-10-20(21)24)16-28-23(25-2)27-13-12-22-26-14-15-29(22)17-19-8-4-3-5-9-19;/h3-11,14-15,18H,12-13,16-17H2,1-2H3,(H2,25,27,28);1H. The van der Waals surface area contributed by atoms with E-state index < -0.39 is 0 Å². The first kappa shape index (κ1) is 24.6. The summed E-state index contributed by atoms with van der Waals surface area (Å²) in [6.07, 6.45) is 4.37. The van der Waals surface area contributed by atoms with Crippen LogP contribution in [0.25, 0.3) is 0 Å². The predicted octanol–water partition coefficient (Wildman–Crippen LogP) is 3.86. The summed E-state index contributed by atoms with van der Waals surface area (Å²) in [6.45, 7) is 3.87. The zero-order valence-electron chi connectivity index (χ0n) is 17.8. The van der Waals surface area contributed by atoms with Crippen LogP contribution < -0.4 is 15.4 Å². The van der Waals surface area contributed by atoms with Gasteiger partial charge in [0.05, 0.1) is 6.54 Å². The number of halogens is 2. The highest BCUT2D eigenvalue weighted by molar-refractivity contribution is 14.0. The molecule has 0 fully saturated rings. The van der Waals surface area contributed by atoms with Gasteiger partial charge in [-0.3, -0.25) is 4.99 Å². The van der Waals surface area contributed by atoms with Gasteiger partial charge in [-0.1, -0.05) is 42.5 Å². The monoisotopic (exact) mass is 537 g/mol. The highest BCUT2D eigenvalue weighted by atomic mass is 127. The van der Waals surface area contributed by atoms with Crippen molar-refractivity contribution in [3.8, 4) is 5.75 Å². The summed E-state index contributed by atoms with van der Waals surface area (Å²) in [6, 6.07) is 16.7. The van der Waals surface area contributed by atoms with Gasteiger partial charge in [0, 0.05) is 39.0 Å². The Bertz CT molecular complexity index is 948. The second-order valence-electron chi connectivity index (χ2n) is 6.95. The predicted molar refractivity (Wildman–Crippen MR) is 133 cm³/mol. The fourth-order valence-electron chi connectivity index (χ4n) is 3.04. The lowest BCUT2D eigenvalue weighted by molar-refractivity contribution is 0.214. The molecule has 1 atom stereocenters. The van der Waals surface area contributed by atoms with Crippen LogP contribution >= 0.6 is 24.0 Å². The maximum atomic E-state index is 13.7. The van der Waals surface area contributed by atoms with Gasteiger partial charge < -0.3 is 19.9 Å². The van der Waals surface area contributed by atoms with Gasteiger partial charge >= 0.3 is 0 Å². The number of benzene rings is 2. The Labute approximate surface area is 200 Å². The van der Waals surface area contributed by atoms with Crippen LogP contribution in [-0.4, -0.2) is 41.8 Å². The normalized spacial score (nSPS) is 12.0. The minimum atomic E-state index is -0.363. The average Bonchev–Trinajstić information content (AvgIpc) is 3.19. The highest BCUT2D eigenvalue weighted by Gasteiger charge is 2.09. The number of aliphatic imine (C=N–C) groups is 1. The van der Waals surface area contributed by atoms with Gasteiger partial charge in [-0.15, -0.1) is 24.0 Å². The number of hydrogen-bond donors (Lipinski definition) is 2. The zero-order valence-corrected chi connectivity index (χ0v) is 20.1. The van der Waals surface area contributed by atoms with Crippen LogP contribution in [0.4, 0.5) is 4.39 Å². The molecule has 1 aromatic heterocycles. The lowest BCUT2D eigenvalue weighted by Crippen LogP contribution is -2.42. The fraction of sp³-hybridized carbons (Fsp3) is 0.304. The molecule has 0 bridgehead atoms. The van der Waals surface area contributed by atoms with E-state index >= 15 is 0 Å². The number of nitrogens with one attached hydrogen (secondary N) is 2. The van der Waals surface area contributed by atoms with Crippen LogP contribution in [0.15, 0.2) is 72.0 Å². The summed E-state index contributed by atoms with van der Waals surface area (Å²) in [5.74, 6) is 1.57. The van der Waals surface area contributed by atoms with E-state index in [1.54, 1.807) is 25.2 Å². The molecule has 8 heteroatoms. The van der Waals surface area contributed by atoms with Crippen molar-refractivity contribution in [1.82, 2.24) is 20.2 Å². The molecule has 3 aromatic rings. The molecule has 3 rings (SSSR count). The van der Waals surface area contributed by atoms with E-state index in [9.17, 15) is 4.39 Å². The number of guanidine groups is 1. The van der Waals surface area contributed by atoms with Gasteiger partial charge in [0.1, 0.15) is 11.9 Å². The highest BCUT2D eigenvalue weighted by Crippen LogP contribution is 2.16. The van der Waals surface area contributed by atoms with Crippen LogP contribution in [0.2, 0.25) is 0 Å². The van der Waals surface area contributed by atoms with Gasteiger partial charge in [-0.05, 0) is 24.6 Å². The first-order valence-corrected chi connectivity index (χ1v) is 10.1. The molecule has 0 saturated heterocycles. The van der Waals surface area contributed by atoms with Crippen LogP contribution in [0.1, 0.15) is 18.3 Å². The summed E-state index contributed by atoms with van der Waals surface area (Å²) in [5.41, 5.74) is 1.24. The SMILES string of the molecule is CN=C(NCCc1nccn1Cc1ccccc1)NCC(C)Oc1ccccc1F.I. The Morgan fingerprint density at radius 1 is 1.13 bits per heavy atom. The van der Waals surface area contributed by atoms with Gasteiger partial charge in [-0.2, -0.15) is 0 Å². The van der Waals surface area contributed by atoms with Crippen molar-refractivity contribution in [3.05, 3.63) is 84.2 Å². The number of ether oxygens (including phenoxy) is 1. The molecular weight excluding hydrogens is 508 g/mol. The summed E-state index contributed by atoms with van der Waals surface area (Å²) < 4.78 is 21.5. The van der Waals surface area contributed by atoms with Crippen molar-refractivity contribution >= 4 is 29.9 Å². The first-order chi connectivity index (χ1) is 14.7. The van der Waals surface area contributed by atoms with Crippen LogP contribution in [0, 0.1) is 5.82 Å². The zero-order chi connectivity index (χ0) is 21.2. The molecule has 0 saturated carbocycles. The van der Waals surface area contributed by atoms with E-state index in [4.69, 9.17) is 4.74 Å². The molecule has 1 heterocycles. The summed E-state index contributed by atoms with van der Waals surface area (Å²) in [5, 5.41) is 6.49. The second-order valence-corrected chi connectivity index (χ2v) is 6.95. The molecule has 31 heavy (non-hydrogen) atoms. The third-order valence-electron chi connectivity index (χ3n) is 4.58. The molecule has 2 N–H and O–H groups in total. The molecule has 0 amide bonds. The Kier molecular flexibility index (Phi) is 10.3. The van der Waals surface area contributed by atoms with Gasteiger partial charge in [0.2, 0.25) is 0 Å². The minimum Gasteiger partial charge on any atom is -0.486 e. The largest absolute Gasteiger partial charge is 0.486 e. The third kappa shape index (κ3) is 7.86. The number of rotatable bonds is 9. The van der Waals surface area contributed by atoms with E-state index in [2.05, 4.69) is 37.3 Å². The molecule has 2 aromatic carbocycles. The fourth-order valence-corrected chi connectivity index (χ4v) is 3.04. The number of nitrogens with zero attached hydrogens (tertiary/aromatic N) is 3. The Morgan fingerprint density at radius 3 is 2.61 bits per heavy atom. The Morgan fingerprint density at radius 2 is 1.87 bits per heavy atom. The lowest BCUT2D eigenvalue weighted by atomic mass is 10.2. The van der Waals surface area contributed by atoms with Crippen LogP contribution in [0.3, 0.4) is 0 Å². The molecule has 0 spiro atoms. The number of aromatic nitrogens is 2. The van der Waals surface area contributed by atoms with E-state index in [0.29, 0.717) is 19.0 Å². The minimum absolute atomic E-state index is 0. The lowest BCUT2D eigenvalue weighted by Gasteiger charge is -2.18. The summed E-state index contributed by atoms with van der Waals surface area (Å²) in [7, 11) is 1.72. The van der Waals surface area contributed by atoms with Crippen molar-refractivity contribution < 1.29 is 9.13 Å². The summed E-state index contributed by atoms with van der Waals surface area (Å²) in [4.78, 5) is 8.70. The molecular formula is C23H29FIN5O. The van der Waals surface area contributed by atoms with Gasteiger partial charge in [-0.25, -0.2) is 9.37 Å². The smallest absolute Gasteiger partial charge is 0.191 e. The van der Waals surface area contributed by atoms with E-state index in [-0.39, 0.29) is 41.6 Å². The van der Waals surface area contributed by atoms with Crippen molar-refractivity contribution in [2.75, 3.05) is 20.1 Å². The van der Waals surface area contributed by atoms with Gasteiger partial charge in [0.15, 0.2) is 17.5 Å². The van der Waals surface area contributed by atoms with E-state index in [0.717, 1.165) is 18.8 Å². The number of para-hydroxylation sites is 1. The van der Waals surface area contributed by atoms with Gasteiger partial charge in [0.25, 0.3) is 0 Å². The average molecular weight is 537 g/mol. The molecule has 1 unspecified atom stereocenters. The molecule has 0 aliphatic heterocycles. The maximum absolute atomic E-state index is 13.7. The van der Waals surface area contributed by atoms with Crippen molar-refractivity contribution in [1.29, 1.82) is 0 Å². The Hall–Kier alpha value is -2.62. The molecule has 0 aliphatic carbocycles. The number of imidazole rings is 1. The topological polar surface area (TPSA) is 63.5 Å². The molecule has 166 valence electrons.